The van der Waals surface area contributed by atoms with E-state index in [0.29, 0.717) is 17.0 Å². The van der Waals surface area contributed by atoms with Gasteiger partial charge in [-0.3, -0.25) is 0 Å². The maximum Gasteiger partial charge on any atom is 0.429 e. The van der Waals surface area contributed by atoms with Crippen LogP contribution in [-0.2, 0) is 11.2 Å². The molecule has 0 amide bonds. The Hall–Kier alpha value is -2.47. The van der Waals surface area contributed by atoms with Crippen LogP contribution in [0.3, 0.4) is 0 Å². The minimum Gasteiger partial charge on any atom is -0.545 e. The van der Waals surface area contributed by atoms with Crippen molar-refractivity contribution < 1.29 is 27.8 Å². The van der Waals surface area contributed by atoms with Crippen molar-refractivity contribution in [3.05, 3.63) is 69.8 Å². The lowest BCUT2D eigenvalue weighted by molar-refractivity contribution is -0.302. The van der Waals surface area contributed by atoms with Gasteiger partial charge < -0.3 is 14.6 Å². The summed E-state index contributed by atoms with van der Waals surface area (Å²) in [6.07, 6.45) is -6.15. The summed E-state index contributed by atoms with van der Waals surface area (Å²) in [5.74, 6) is -2.00. The molecule has 1 aliphatic heterocycles. The number of aliphatic carboxylic acids is 1. The van der Waals surface area contributed by atoms with E-state index in [4.69, 9.17) is 16.3 Å². The molecule has 1 heterocycles. The van der Waals surface area contributed by atoms with Gasteiger partial charge in [0.2, 0.25) is 6.10 Å². The molecule has 0 aliphatic carbocycles. The molecule has 0 spiro atoms. The van der Waals surface area contributed by atoms with Crippen LogP contribution in [0.5, 0.6) is 5.75 Å². The van der Waals surface area contributed by atoms with Gasteiger partial charge in [-0.15, -0.1) is 0 Å². The van der Waals surface area contributed by atoms with Crippen LogP contribution >= 0.6 is 11.6 Å². The molecule has 1 aliphatic rings. The van der Waals surface area contributed by atoms with Crippen LogP contribution < -0.4 is 9.84 Å². The molecule has 0 saturated heterocycles. The molecule has 0 radical (unpaired) electrons. The zero-order valence-electron chi connectivity index (χ0n) is 12.6. The van der Waals surface area contributed by atoms with E-state index in [9.17, 15) is 23.1 Å². The number of alkyl halides is 3. The Morgan fingerprint density at radius 2 is 1.88 bits per heavy atom. The van der Waals surface area contributed by atoms with E-state index in [1.54, 1.807) is 0 Å². The molecule has 2 aromatic carbocycles. The fraction of sp³-hybridized carbons (Fsp3) is 0.167. The predicted molar refractivity (Wildman–Crippen MR) is 84.2 cm³/mol. The molecule has 0 unspecified atom stereocenters. The second-order valence-corrected chi connectivity index (χ2v) is 5.98. The number of carboxylic acids is 1. The maximum atomic E-state index is 13.1. The predicted octanol–water partition coefficient (Wildman–Crippen LogP) is 3.39. The highest BCUT2D eigenvalue weighted by Gasteiger charge is 2.46. The van der Waals surface area contributed by atoms with E-state index in [1.807, 2.05) is 30.3 Å². The van der Waals surface area contributed by atoms with Gasteiger partial charge in [0.15, 0.2) is 0 Å². The van der Waals surface area contributed by atoms with E-state index in [2.05, 4.69) is 0 Å². The molecule has 2 aromatic rings. The van der Waals surface area contributed by atoms with Crippen molar-refractivity contribution in [2.24, 2.45) is 0 Å². The first-order valence-corrected chi connectivity index (χ1v) is 7.66. The van der Waals surface area contributed by atoms with Gasteiger partial charge in [-0.2, -0.15) is 13.2 Å². The Labute approximate surface area is 146 Å². The van der Waals surface area contributed by atoms with Crippen molar-refractivity contribution >= 4 is 23.6 Å². The van der Waals surface area contributed by atoms with Crippen LogP contribution in [0.1, 0.15) is 16.7 Å². The first kappa shape index (κ1) is 17.4. The minimum atomic E-state index is -4.87. The summed E-state index contributed by atoms with van der Waals surface area (Å²) in [7, 11) is 0. The number of ether oxygens (including phenoxy) is 1. The number of halogens is 4. The average molecular weight is 368 g/mol. The smallest absolute Gasteiger partial charge is 0.429 e. The van der Waals surface area contributed by atoms with Crippen LogP contribution in [0, 0.1) is 0 Å². The molecule has 0 aromatic heterocycles. The first-order valence-electron chi connectivity index (χ1n) is 7.28. The SMILES string of the molecule is O=C([O-])C1=Cc2cc(Cl)c(Cc3ccccc3)cc2O[C@@H]1C(F)(F)F. The van der Waals surface area contributed by atoms with Gasteiger partial charge in [0, 0.05) is 16.2 Å². The number of fused-ring (bicyclic) bond motifs is 1. The van der Waals surface area contributed by atoms with Gasteiger partial charge in [0.05, 0.1) is 5.97 Å². The van der Waals surface area contributed by atoms with Crippen LogP contribution in [0.15, 0.2) is 48.0 Å². The molecular formula is C18H11ClF3O3-. The lowest BCUT2D eigenvalue weighted by Crippen LogP contribution is -2.44. The maximum absolute atomic E-state index is 13.1. The minimum absolute atomic E-state index is 0.0670. The van der Waals surface area contributed by atoms with Gasteiger partial charge in [-0.1, -0.05) is 41.9 Å². The highest BCUT2D eigenvalue weighted by Crippen LogP contribution is 2.39. The average Bonchev–Trinajstić information content (AvgIpc) is 2.54. The lowest BCUT2D eigenvalue weighted by Gasteiger charge is -2.29. The summed E-state index contributed by atoms with van der Waals surface area (Å²) < 4.78 is 44.2. The van der Waals surface area contributed by atoms with Gasteiger partial charge in [0.25, 0.3) is 0 Å². The summed E-state index contributed by atoms with van der Waals surface area (Å²) in [6, 6.07) is 12.1. The van der Waals surface area contributed by atoms with Crippen molar-refractivity contribution in [3.8, 4) is 5.75 Å². The fourth-order valence-electron chi connectivity index (χ4n) is 2.62. The van der Waals surface area contributed by atoms with Crippen molar-refractivity contribution in [2.45, 2.75) is 18.7 Å². The molecule has 3 rings (SSSR count). The Morgan fingerprint density at radius 1 is 1.20 bits per heavy atom. The standard InChI is InChI=1S/C18H12ClF3O3/c19-14-8-12-7-13(17(23)24)16(18(20,21)22)25-15(12)9-11(14)6-10-4-2-1-3-5-10/h1-5,7-9,16H,6H2,(H,23,24)/p-1/t16-/m0/s1. The van der Waals surface area contributed by atoms with E-state index in [0.717, 1.165) is 11.6 Å². The molecule has 3 nitrogen and oxygen atoms in total. The Morgan fingerprint density at radius 3 is 2.48 bits per heavy atom. The van der Waals surface area contributed by atoms with Crippen molar-refractivity contribution in [2.75, 3.05) is 0 Å². The van der Waals surface area contributed by atoms with E-state index < -0.39 is 23.8 Å². The van der Waals surface area contributed by atoms with Crippen molar-refractivity contribution in [1.29, 1.82) is 0 Å². The van der Waals surface area contributed by atoms with Crippen LogP contribution in [0.2, 0.25) is 5.02 Å². The number of hydrogen-bond acceptors (Lipinski definition) is 3. The zero-order valence-corrected chi connectivity index (χ0v) is 13.4. The van der Waals surface area contributed by atoms with Crippen LogP contribution in [-0.4, -0.2) is 18.2 Å². The first-order chi connectivity index (χ1) is 11.8. The van der Waals surface area contributed by atoms with Gasteiger partial charge in [-0.05, 0) is 35.8 Å². The fourth-order valence-corrected chi connectivity index (χ4v) is 2.86. The number of rotatable bonds is 3. The highest BCUT2D eigenvalue weighted by atomic mass is 35.5. The molecule has 0 fully saturated rings. The van der Waals surface area contributed by atoms with E-state index >= 15 is 0 Å². The Balaban J connectivity index is 2.02. The topological polar surface area (TPSA) is 49.4 Å². The quantitative estimate of drug-likeness (QED) is 0.835. The van der Waals surface area contributed by atoms with Gasteiger partial charge >= 0.3 is 6.18 Å². The second kappa shape index (κ2) is 6.44. The van der Waals surface area contributed by atoms with Crippen LogP contribution in [0.25, 0.3) is 6.08 Å². The van der Waals surface area contributed by atoms with Crippen molar-refractivity contribution in [3.63, 3.8) is 0 Å². The third-order valence-electron chi connectivity index (χ3n) is 3.79. The lowest BCUT2D eigenvalue weighted by atomic mass is 9.97. The number of carbonyl (C=O) groups is 1. The normalized spacial score (nSPS) is 16.6. The number of hydrogen-bond donors (Lipinski definition) is 0. The van der Waals surface area contributed by atoms with E-state index in [-0.39, 0.29) is 11.3 Å². The van der Waals surface area contributed by atoms with Gasteiger partial charge in [-0.25, -0.2) is 0 Å². The molecule has 25 heavy (non-hydrogen) atoms. The monoisotopic (exact) mass is 367 g/mol. The van der Waals surface area contributed by atoms with Crippen LogP contribution in [0.4, 0.5) is 13.2 Å². The molecule has 0 saturated carbocycles. The van der Waals surface area contributed by atoms with Gasteiger partial charge in [0.1, 0.15) is 5.75 Å². The van der Waals surface area contributed by atoms with E-state index in [1.165, 1.54) is 12.1 Å². The van der Waals surface area contributed by atoms with Crippen molar-refractivity contribution in [1.82, 2.24) is 0 Å². The zero-order chi connectivity index (χ0) is 18.2. The second-order valence-electron chi connectivity index (χ2n) is 5.57. The molecule has 7 heteroatoms. The third kappa shape index (κ3) is 3.64. The molecule has 0 N–H and O–H groups in total. The Kier molecular flexibility index (Phi) is 4.47. The highest BCUT2D eigenvalue weighted by molar-refractivity contribution is 6.31. The molecular weight excluding hydrogens is 357 g/mol. The summed E-state index contributed by atoms with van der Waals surface area (Å²) in [5.41, 5.74) is 0.699. The summed E-state index contributed by atoms with van der Waals surface area (Å²) in [4.78, 5) is 11.0. The molecule has 130 valence electrons. The largest absolute Gasteiger partial charge is 0.545 e. The molecule has 1 atom stereocenters. The third-order valence-corrected chi connectivity index (χ3v) is 4.14. The number of carbonyl (C=O) groups excluding carboxylic acids is 1. The summed E-state index contributed by atoms with van der Waals surface area (Å²) in [5, 5.41) is 11.3. The Bertz CT molecular complexity index is 845. The number of carboxylic acid groups (broad SMARTS) is 1. The molecule has 0 bridgehead atoms. The summed E-state index contributed by atoms with van der Waals surface area (Å²) >= 11 is 6.19. The number of benzene rings is 2. The summed E-state index contributed by atoms with van der Waals surface area (Å²) in [6.45, 7) is 0.